The van der Waals surface area contributed by atoms with Crippen LogP contribution in [0.2, 0.25) is 5.02 Å². The van der Waals surface area contributed by atoms with Gasteiger partial charge in [0.25, 0.3) is 0 Å². The van der Waals surface area contributed by atoms with E-state index in [-0.39, 0.29) is 17.3 Å². The number of carbonyl (C=O) groups is 2. The number of benzene rings is 1. The molecular formula is C17H17ClF2N2O4S. The third-order valence-electron chi connectivity index (χ3n) is 3.63. The number of halogens is 3. The number of ether oxygens (including phenoxy) is 2. The van der Waals surface area contributed by atoms with E-state index in [0.717, 1.165) is 10.4 Å². The van der Waals surface area contributed by atoms with Gasteiger partial charge in [-0.05, 0) is 37.6 Å². The van der Waals surface area contributed by atoms with Crippen molar-refractivity contribution in [2.45, 2.75) is 20.5 Å². The first-order chi connectivity index (χ1) is 12.7. The standard InChI is InChI=1S/C17H17ClF2N2O4S/c1-8-9(2)27-15(14(8)16(24)25-3)22-13(23)7-21-10-4-5-12(11(18)6-10)26-17(19)20/h4-6,17,21H,7H2,1-3H3,(H,22,23). The van der Waals surface area contributed by atoms with Crippen molar-refractivity contribution in [3.05, 3.63) is 39.2 Å². The molecule has 2 aromatic rings. The molecule has 0 bridgehead atoms. The highest BCUT2D eigenvalue weighted by atomic mass is 35.5. The fraction of sp³-hybridized carbons (Fsp3) is 0.294. The summed E-state index contributed by atoms with van der Waals surface area (Å²) >= 11 is 7.14. The molecule has 0 saturated heterocycles. The minimum Gasteiger partial charge on any atom is -0.465 e. The summed E-state index contributed by atoms with van der Waals surface area (Å²) in [5.74, 6) is -1.08. The summed E-state index contributed by atoms with van der Waals surface area (Å²) in [6.45, 7) is 0.512. The lowest BCUT2D eigenvalue weighted by Gasteiger charge is -2.11. The molecule has 146 valence electrons. The zero-order chi connectivity index (χ0) is 20.1. The second kappa shape index (κ2) is 9.01. The fourth-order valence-corrected chi connectivity index (χ4v) is 3.51. The van der Waals surface area contributed by atoms with Crippen LogP contribution in [-0.4, -0.2) is 32.1 Å². The number of hydrogen-bond acceptors (Lipinski definition) is 6. The topological polar surface area (TPSA) is 76.7 Å². The number of alkyl halides is 2. The minimum atomic E-state index is -2.98. The Kier molecular flexibility index (Phi) is 6.98. The van der Waals surface area contributed by atoms with Crippen LogP contribution in [0.15, 0.2) is 18.2 Å². The van der Waals surface area contributed by atoms with Gasteiger partial charge in [-0.2, -0.15) is 8.78 Å². The molecule has 0 unspecified atom stereocenters. The molecule has 10 heteroatoms. The Balaban J connectivity index is 2.02. The van der Waals surface area contributed by atoms with Crippen LogP contribution in [0.4, 0.5) is 19.5 Å². The highest BCUT2D eigenvalue weighted by Gasteiger charge is 2.21. The summed E-state index contributed by atoms with van der Waals surface area (Å²) in [6, 6.07) is 4.10. The van der Waals surface area contributed by atoms with Crippen molar-refractivity contribution in [3.8, 4) is 5.75 Å². The van der Waals surface area contributed by atoms with Crippen LogP contribution in [0.25, 0.3) is 0 Å². The van der Waals surface area contributed by atoms with Gasteiger partial charge in [0.05, 0.1) is 24.2 Å². The first-order valence-corrected chi connectivity index (χ1v) is 8.88. The number of nitrogens with one attached hydrogen (secondary N) is 2. The Morgan fingerprint density at radius 1 is 1.30 bits per heavy atom. The molecule has 0 radical (unpaired) electrons. The van der Waals surface area contributed by atoms with Gasteiger partial charge in [-0.3, -0.25) is 4.79 Å². The van der Waals surface area contributed by atoms with Crippen molar-refractivity contribution < 1.29 is 27.8 Å². The maximum atomic E-state index is 12.2. The van der Waals surface area contributed by atoms with Crippen molar-refractivity contribution >= 4 is 45.5 Å². The lowest BCUT2D eigenvalue weighted by molar-refractivity contribution is -0.114. The molecule has 27 heavy (non-hydrogen) atoms. The Morgan fingerprint density at radius 3 is 2.59 bits per heavy atom. The van der Waals surface area contributed by atoms with Crippen LogP contribution in [0.5, 0.6) is 5.75 Å². The molecule has 2 rings (SSSR count). The summed E-state index contributed by atoms with van der Waals surface area (Å²) < 4.78 is 33.5. The molecule has 0 atom stereocenters. The molecule has 0 fully saturated rings. The van der Waals surface area contributed by atoms with Gasteiger partial charge >= 0.3 is 12.6 Å². The molecular weight excluding hydrogens is 402 g/mol. The second-order valence-corrected chi connectivity index (χ2v) is 7.04. The quantitative estimate of drug-likeness (QED) is 0.649. The summed E-state index contributed by atoms with van der Waals surface area (Å²) in [7, 11) is 1.27. The number of methoxy groups -OCH3 is 1. The fourth-order valence-electron chi connectivity index (χ4n) is 2.22. The largest absolute Gasteiger partial charge is 0.465 e. The van der Waals surface area contributed by atoms with Crippen LogP contribution in [0.3, 0.4) is 0 Å². The van der Waals surface area contributed by atoms with E-state index in [1.54, 1.807) is 6.92 Å². The number of amides is 1. The predicted molar refractivity (Wildman–Crippen MR) is 100 cm³/mol. The highest BCUT2D eigenvalue weighted by Crippen LogP contribution is 2.33. The summed E-state index contributed by atoms with van der Waals surface area (Å²) in [6.07, 6.45) is 0. The molecule has 6 nitrogen and oxygen atoms in total. The third-order valence-corrected chi connectivity index (χ3v) is 5.05. The highest BCUT2D eigenvalue weighted by molar-refractivity contribution is 7.16. The molecule has 1 heterocycles. The Hall–Kier alpha value is -2.39. The molecule has 1 aromatic heterocycles. The molecule has 0 spiro atoms. The van der Waals surface area contributed by atoms with E-state index in [1.807, 2.05) is 6.92 Å². The summed E-state index contributed by atoms with van der Waals surface area (Å²) in [4.78, 5) is 25.0. The van der Waals surface area contributed by atoms with Crippen molar-refractivity contribution in [3.63, 3.8) is 0 Å². The second-order valence-electron chi connectivity index (χ2n) is 5.40. The van der Waals surface area contributed by atoms with E-state index in [1.165, 1.54) is 36.6 Å². The molecule has 0 saturated carbocycles. The lowest BCUT2D eigenvalue weighted by atomic mass is 10.1. The van der Waals surface area contributed by atoms with E-state index in [0.29, 0.717) is 16.3 Å². The van der Waals surface area contributed by atoms with Gasteiger partial charge in [0.15, 0.2) is 0 Å². The number of anilines is 2. The summed E-state index contributed by atoms with van der Waals surface area (Å²) in [5.41, 5.74) is 1.52. The number of rotatable bonds is 7. The van der Waals surface area contributed by atoms with Crippen molar-refractivity contribution in [2.75, 3.05) is 24.3 Å². The smallest absolute Gasteiger partial charge is 0.387 e. The van der Waals surface area contributed by atoms with Gasteiger partial charge in [0, 0.05) is 10.6 Å². The van der Waals surface area contributed by atoms with Crippen LogP contribution < -0.4 is 15.4 Å². The molecule has 1 amide bonds. The van der Waals surface area contributed by atoms with Gasteiger partial charge in [-0.1, -0.05) is 11.6 Å². The Bertz CT molecular complexity index is 858. The summed E-state index contributed by atoms with van der Waals surface area (Å²) in [5, 5.41) is 5.88. The monoisotopic (exact) mass is 418 g/mol. The van der Waals surface area contributed by atoms with Crippen LogP contribution in [0, 0.1) is 13.8 Å². The van der Waals surface area contributed by atoms with Crippen LogP contribution >= 0.6 is 22.9 Å². The normalized spacial score (nSPS) is 10.6. The zero-order valence-electron chi connectivity index (χ0n) is 14.7. The van der Waals surface area contributed by atoms with Gasteiger partial charge in [-0.25, -0.2) is 4.79 Å². The lowest BCUT2D eigenvalue weighted by Crippen LogP contribution is -2.22. The maximum Gasteiger partial charge on any atom is 0.387 e. The van der Waals surface area contributed by atoms with Crippen LogP contribution in [0.1, 0.15) is 20.8 Å². The van der Waals surface area contributed by atoms with Crippen molar-refractivity contribution in [2.24, 2.45) is 0 Å². The molecule has 0 aliphatic rings. The van der Waals surface area contributed by atoms with Crippen molar-refractivity contribution in [1.29, 1.82) is 0 Å². The Labute approximate surface area is 163 Å². The zero-order valence-corrected chi connectivity index (χ0v) is 16.3. The maximum absolute atomic E-state index is 12.2. The number of carbonyl (C=O) groups excluding carboxylic acids is 2. The molecule has 1 aromatic carbocycles. The number of thiophene rings is 1. The number of hydrogen-bond donors (Lipinski definition) is 2. The van der Waals surface area contributed by atoms with E-state index in [4.69, 9.17) is 16.3 Å². The SMILES string of the molecule is COC(=O)c1c(NC(=O)CNc2ccc(OC(F)F)c(Cl)c2)sc(C)c1C. The van der Waals surface area contributed by atoms with Gasteiger partial charge in [0.2, 0.25) is 5.91 Å². The average molecular weight is 419 g/mol. The van der Waals surface area contributed by atoms with Crippen LogP contribution in [-0.2, 0) is 9.53 Å². The van der Waals surface area contributed by atoms with E-state index in [9.17, 15) is 18.4 Å². The third kappa shape index (κ3) is 5.30. The first kappa shape index (κ1) is 20.9. The number of aryl methyl sites for hydroxylation is 1. The average Bonchev–Trinajstić information content (AvgIpc) is 2.88. The van der Waals surface area contributed by atoms with Gasteiger partial charge in [0.1, 0.15) is 10.8 Å². The minimum absolute atomic E-state index is 0.0156. The first-order valence-electron chi connectivity index (χ1n) is 7.69. The molecule has 0 aliphatic carbocycles. The molecule has 2 N–H and O–H groups in total. The van der Waals surface area contributed by atoms with E-state index < -0.39 is 18.5 Å². The van der Waals surface area contributed by atoms with E-state index >= 15 is 0 Å². The van der Waals surface area contributed by atoms with Crippen molar-refractivity contribution in [1.82, 2.24) is 0 Å². The number of esters is 1. The van der Waals surface area contributed by atoms with E-state index in [2.05, 4.69) is 15.4 Å². The van der Waals surface area contributed by atoms with Gasteiger partial charge < -0.3 is 20.1 Å². The van der Waals surface area contributed by atoms with Gasteiger partial charge in [-0.15, -0.1) is 11.3 Å². The predicted octanol–water partition coefficient (Wildman–Crippen LogP) is 4.46. The molecule has 0 aliphatic heterocycles. The Morgan fingerprint density at radius 2 is 2.00 bits per heavy atom.